The van der Waals surface area contributed by atoms with Gasteiger partial charge in [0, 0.05) is 12.2 Å². The Morgan fingerprint density at radius 3 is 2.35 bits per heavy atom. The molecule has 3 aromatic rings. The molecule has 4 rings (SSSR count). The van der Waals surface area contributed by atoms with Crippen LogP contribution in [-0.2, 0) is 6.18 Å². The zero-order valence-corrected chi connectivity index (χ0v) is 20.4. The second kappa shape index (κ2) is 10.9. The summed E-state index contributed by atoms with van der Waals surface area (Å²) in [6.45, 7) is 1.35. The van der Waals surface area contributed by atoms with Gasteiger partial charge < -0.3 is 16.0 Å². The Labute approximate surface area is 218 Å². The van der Waals surface area contributed by atoms with Crippen LogP contribution in [0, 0.1) is 0 Å². The lowest BCUT2D eigenvalue weighted by Gasteiger charge is -2.23. The topological polar surface area (TPSA) is 118 Å². The molecule has 0 spiro atoms. The summed E-state index contributed by atoms with van der Waals surface area (Å²) in [5, 5.41) is 12.2. The van der Waals surface area contributed by atoms with Gasteiger partial charge in [0.15, 0.2) is 11.4 Å². The molecule has 9 nitrogen and oxygen atoms in total. The Bertz CT molecular complexity index is 1340. The van der Waals surface area contributed by atoms with Gasteiger partial charge in [0.25, 0.3) is 17.7 Å². The minimum atomic E-state index is -4.90. The number of rotatable bonds is 5. The Balaban J connectivity index is 1.71. The SMILES string of the molecule is O=C(Nc1cn(C(=O)c2c(Cl)cccc2Cl)nc1C(=O)NC1CCNCC1)c1cccnc1C(F)(F)F. The molecule has 0 radical (unpaired) electrons. The molecule has 0 bridgehead atoms. The Kier molecular flexibility index (Phi) is 7.81. The van der Waals surface area contributed by atoms with Crippen molar-refractivity contribution in [2.75, 3.05) is 18.4 Å². The number of halogens is 5. The van der Waals surface area contributed by atoms with Crippen LogP contribution in [0.15, 0.2) is 42.7 Å². The zero-order valence-electron chi connectivity index (χ0n) is 18.9. The van der Waals surface area contributed by atoms with Gasteiger partial charge in [-0.15, -0.1) is 0 Å². The van der Waals surface area contributed by atoms with E-state index in [1.54, 1.807) is 0 Å². The van der Waals surface area contributed by atoms with E-state index >= 15 is 0 Å². The normalized spacial score (nSPS) is 14.3. The van der Waals surface area contributed by atoms with Gasteiger partial charge >= 0.3 is 6.18 Å². The molecule has 194 valence electrons. The van der Waals surface area contributed by atoms with Crippen LogP contribution in [0.2, 0.25) is 10.0 Å². The van der Waals surface area contributed by atoms with E-state index in [1.807, 2.05) is 0 Å². The molecule has 0 unspecified atom stereocenters. The number of piperidine rings is 1. The van der Waals surface area contributed by atoms with Crippen molar-refractivity contribution in [1.82, 2.24) is 25.4 Å². The van der Waals surface area contributed by atoms with E-state index in [1.165, 1.54) is 24.3 Å². The lowest BCUT2D eigenvalue weighted by molar-refractivity contribution is -0.141. The number of aromatic nitrogens is 3. The number of carbonyl (C=O) groups is 3. The molecule has 1 saturated heterocycles. The Hall–Kier alpha value is -3.48. The average Bonchev–Trinajstić information content (AvgIpc) is 3.28. The second-order valence-corrected chi connectivity index (χ2v) is 8.90. The van der Waals surface area contributed by atoms with Gasteiger partial charge in [0.2, 0.25) is 0 Å². The summed E-state index contributed by atoms with van der Waals surface area (Å²) in [5.74, 6) is -2.73. The highest BCUT2D eigenvalue weighted by Crippen LogP contribution is 2.31. The van der Waals surface area contributed by atoms with Crippen molar-refractivity contribution in [3.63, 3.8) is 0 Å². The molecule has 1 aliphatic rings. The van der Waals surface area contributed by atoms with E-state index in [0.29, 0.717) is 25.9 Å². The van der Waals surface area contributed by atoms with E-state index in [9.17, 15) is 27.6 Å². The molecule has 1 fully saturated rings. The van der Waals surface area contributed by atoms with Crippen LogP contribution in [0.1, 0.15) is 49.7 Å². The molecule has 2 amide bonds. The van der Waals surface area contributed by atoms with Gasteiger partial charge in [0.1, 0.15) is 0 Å². The van der Waals surface area contributed by atoms with Crippen LogP contribution in [0.5, 0.6) is 0 Å². The number of amides is 2. The fourth-order valence-electron chi connectivity index (χ4n) is 3.78. The molecule has 0 saturated carbocycles. The first-order chi connectivity index (χ1) is 17.6. The third-order valence-corrected chi connectivity index (χ3v) is 6.19. The summed E-state index contributed by atoms with van der Waals surface area (Å²) in [7, 11) is 0. The molecule has 1 aromatic carbocycles. The highest BCUT2D eigenvalue weighted by atomic mass is 35.5. The van der Waals surface area contributed by atoms with Crippen molar-refractivity contribution in [2.24, 2.45) is 0 Å². The number of pyridine rings is 1. The lowest BCUT2D eigenvalue weighted by Crippen LogP contribution is -2.43. The monoisotopic (exact) mass is 554 g/mol. The van der Waals surface area contributed by atoms with E-state index in [4.69, 9.17) is 23.2 Å². The maximum absolute atomic E-state index is 13.4. The van der Waals surface area contributed by atoms with Gasteiger partial charge in [-0.3, -0.25) is 19.4 Å². The number of alkyl halides is 3. The molecule has 3 heterocycles. The van der Waals surface area contributed by atoms with E-state index in [2.05, 4.69) is 26.0 Å². The molecule has 0 aliphatic carbocycles. The van der Waals surface area contributed by atoms with Crippen LogP contribution in [0.3, 0.4) is 0 Å². The first kappa shape index (κ1) is 26.6. The predicted molar refractivity (Wildman–Crippen MR) is 129 cm³/mol. The molecule has 3 N–H and O–H groups in total. The number of nitrogens with zero attached hydrogens (tertiary/aromatic N) is 3. The molecule has 14 heteroatoms. The second-order valence-electron chi connectivity index (χ2n) is 8.09. The third kappa shape index (κ3) is 5.92. The highest BCUT2D eigenvalue weighted by molar-refractivity contribution is 6.39. The van der Waals surface area contributed by atoms with Gasteiger partial charge in [0.05, 0.1) is 33.1 Å². The molecule has 2 aromatic heterocycles. The third-order valence-electron chi connectivity index (χ3n) is 5.56. The van der Waals surface area contributed by atoms with Gasteiger partial charge in [-0.2, -0.15) is 18.3 Å². The van der Waals surface area contributed by atoms with Crippen molar-refractivity contribution in [2.45, 2.75) is 25.1 Å². The maximum Gasteiger partial charge on any atom is 0.434 e. The number of benzene rings is 1. The van der Waals surface area contributed by atoms with Crippen molar-refractivity contribution in [3.8, 4) is 0 Å². The molecular weight excluding hydrogens is 536 g/mol. The molecule has 0 atom stereocenters. The largest absolute Gasteiger partial charge is 0.434 e. The number of hydrogen-bond acceptors (Lipinski definition) is 6. The summed E-state index contributed by atoms with van der Waals surface area (Å²) < 4.78 is 40.9. The maximum atomic E-state index is 13.4. The number of anilines is 1. The standard InChI is InChI=1S/C23H19Cl2F3N6O3/c24-14-4-1-5-15(25)17(14)22(37)34-11-16(18(33-34)21(36)31-12-6-9-29-10-7-12)32-20(35)13-3-2-8-30-19(13)23(26,27)28/h1-5,8,11-12,29H,6-7,9-10H2,(H,31,36)(H,32,35). The van der Waals surface area contributed by atoms with Crippen LogP contribution in [0.4, 0.5) is 18.9 Å². The highest BCUT2D eigenvalue weighted by Gasteiger charge is 2.37. The Morgan fingerprint density at radius 2 is 1.70 bits per heavy atom. The molecular formula is C23H19Cl2F3N6O3. The summed E-state index contributed by atoms with van der Waals surface area (Å²) in [4.78, 5) is 42.3. The quantitative estimate of drug-likeness (QED) is 0.438. The number of nitrogens with one attached hydrogen (secondary N) is 3. The smallest absolute Gasteiger partial charge is 0.348 e. The number of hydrogen-bond donors (Lipinski definition) is 3. The summed E-state index contributed by atoms with van der Waals surface area (Å²) in [6, 6.07) is 6.30. The van der Waals surface area contributed by atoms with E-state index in [0.717, 1.165) is 23.1 Å². The molecule has 1 aliphatic heterocycles. The van der Waals surface area contributed by atoms with Crippen molar-refractivity contribution in [3.05, 3.63) is 75.3 Å². The summed E-state index contributed by atoms with van der Waals surface area (Å²) >= 11 is 12.2. The van der Waals surface area contributed by atoms with E-state index < -0.39 is 35.2 Å². The minimum absolute atomic E-state index is 0.0180. The van der Waals surface area contributed by atoms with Crippen molar-refractivity contribution < 1.29 is 27.6 Å². The van der Waals surface area contributed by atoms with Crippen molar-refractivity contribution >= 4 is 46.6 Å². The van der Waals surface area contributed by atoms with E-state index in [-0.39, 0.29) is 33.0 Å². The van der Waals surface area contributed by atoms with Crippen molar-refractivity contribution in [1.29, 1.82) is 0 Å². The fraction of sp³-hybridized carbons (Fsp3) is 0.261. The Morgan fingerprint density at radius 1 is 1.03 bits per heavy atom. The predicted octanol–water partition coefficient (Wildman–Crippen LogP) is 4.03. The van der Waals surface area contributed by atoms with Crippen LogP contribution < -0.4 is 16.0 Å². The number of carbonyl (C=O) groups excluding carboxylic acids is 3. The van der Waals surface area contributed by atoms with Gasteiger partial charge in [-0.1, -0.05) is 29.3 Å². The van der Waals surface area contributed by atoms with Crippen LogP contribution >= 0.6 is 23.2 Å². The zero-order chi connectivity index (χ0) is 26.7. The van der Waals surface area contributed by atoms with Crippen LogP contribution in [-0.4, -0.2) is 51.6 Å². The first-order valence-corrected chi connectivity index (χ1v) is 11.8. The first-order valence-electron chi connectivity index (χ1n) is 11.0. The molecule has 37 heavy (non-hydrogen) atoms. The summed E-state index contributed by atoms with van der Waals surface area (Å²) in [6.07, 6.45) is -1.72. The average molecular weight is 555 g/mol. The summed E-state index contributed by atoms with van der Waals surface area (Å²) in [5.41, 5.74) is -2.94. The van der Waals surface area contributed by atoms with Gasteiger partial charge in [-0.05, 0) is 50.2 Å². The fourth-order valence-corrected chi connectivity index (χ4v) is 4.34. The van der Waals surface area contributed by atoms with Crippen LogP contribution in [0.25, 0.3) is 0 Å². The van der Waals surface area contributed by atoms with Gasteiger partial charge in [-0.25, -0.2) is 4.68 Å². The lowest BCUT2D eigenvalue weighted by atomic mass is 10.1. The minimum Gasteiger partial charge on any atom is -0.348 e.